The second-order valence-electron chi connectivity index (χ2n) is 4.03. The van der Waals surface area contributed by atoms with Gasteiger partial charge in [-0.05, 0) is 13.0 Å². The van der Waals surface area contributed by atoms with Gasteiger partial charge in [0.1, 0.15) is 0 Å². The molecule has 1 aliphatic heterocycles. The molecule has 5 heteroatoms. The maximum atomic E-state index is 5.79. The van der Waals surface area contributed by atoms with Crippen LogP contribution in [0.15, 0.2) is 11.7 Å². The fourth-order valence-electron chi connectivity index (χ4n) is 2.26. The molecule has 0 saturated carbocycles. The summed E-state index contributed by atoms with van der Waals surface area (Å²) in [5.74, 6) is 0. The number of ether oxygens (including phenoxy) is 1. The maximum absolute atomic E-state index is 5.79. The third-order valence-corrected chi connectivity index (χ3v) is 3.79. The summed E-state index contributed by atoms with van der Waals surface area (Å²) in [5.41, 5.74) is 7.67. The Labute approximate surface area is 100 Å². The van der Waals surface area contributed by atoms with E-state index in [-0.39, 0.29) is 6.10 Å². The lowest BCUT2D eigenvalue weighted by Crippen LogP contribution is -2.48. The molecule has 0 bridgehead atoms. The Morgan fingerprint density at radius 3 is 3.19 bits per heavy atom. The highest BCUT2D eigenvalue weighted by atomic mass is 32.1. The zero-order chi connectivity index (χ0) is 11.4. The summed E-state index contributed by atoms with van der Waals surface area (Å²) < 4.78 is 5.75. The number of thiazole rings is 1. The summed E-state index contributed by atoms with van der Waals surface area (Å²) in [4.78, 5) is 7.89. The standard InChI is InChI=1S/C11H19N3OS/c1-2-3-14-4-5-15-9(6-12)11(14)10-7-13-8-16-10/h7-9,11H,2-6,12H2,1H3. The van der Waals surface area contributed by atoms with Gasteiger partial charge in [-0.1, -0.05) is 6.92 Å². The van der Waals surface area contributed by atoms with Gasteiger partial charge in [0.05, 0.1) is 24.3 Å². The van der Waals surface area contributed by atoms with Crippen LogP contribution in [-0.4, -0.2) is 42.2 Å². The molecule has 1 aromatic rings. The van der Waals surface area contributed by atoms with Gasteiger partial charge in [-0.15, -0.1) is 11.3 Å². The van der Waals surface area contributed by atoms with Crippen molar-refractivity contribution in [3.05, 3.63) is 16.6 Å². The van der Waals surface area contributed by atoms with Crippen molar-refractivity contribution in [2.45, 2.75) is 25.5 Å². The molecule has 16 heavy (non-hydrogen) atoms. The molecule has 1 fully saturated rings. The summed E-state index contributed by atoms with van der Waals surface area (Å²) in [6.07, 6.45) is 3.21. The molecule has 0 spiro atoms. The molecule has 1 aromatic heterocycles. The van der Waals surface area contributed by atoms with E-state index in [1.54, 1.807) is 11.3 Å². The van der Waals surface area contributed by atoms with Gasteiger partial charge in [0.25, 0.3) is 0 Å². The van der Waals surface area contributed by atoms with Crippen LogP contribution in [0.3, 0.4) is 0 Å². The van der Waals surface area contributed by atoms with Crippen molar-refractivity contribution in [1.82, 2.24) is 9.88 Å². The van der Waals surface area contributed by atoms with Crippen LogP contribution in [0.4, 0.5) is 0 Å². The highest BCUT2D eigenvalue weighted by molar-refractivity contribution is 7.09. The molecule has 1 saturated heterocycles. The fourth-order valence-corrected chi connectivity index (χ4v) is 3.06. The van der Waals surface area contributed by atoms with Crippen LogP contribution in [0.1, 0.15) is 24.3 Å². The molecule has 4 nitrogen and oxygen atoms in total. The number of morpholine rings is 1. The van der Waals surface area contributed by atoms with Gasteiger partial charge in [0.15, 0.2) is 0 Å². The molecule has 0 aliphatic carbocycles. The predicted octanol–water partition coefficient (Wildman–Crippen LogP) is 1.25. The van der Waals surface area contributed by atoms with Gasteiger partial charge < -0.3 is 10.5 Å². The van der Waals surface area contributed by atoms with Crippen molar-refractivity contribution in [2.75, 3.05) is 26.2 Å². The molecule has 2 heterocycles. The van der Waals surface area contributed by atoms with Gasteiger partial charge in [-0.3, -0.25) is 9.88 Å². The lowest BCUT2D eigenvalue weighted by Gasteiger charge is -2.40. The van der Waals surface area contributed by atoms with Crippen LogP contribution in [0.5, 0.6) is 0 Å². The van der Waals surface area contributed by atoms with Crippen molar-refractivity contribution in [2.24, 2.45) is 5.73 Å². The summed E-state index contributed by atoms with van der Waals surface area (Å²) in [5, 5.41) is 0. The predicted molar refractivity (Wildman–Crippen MR) is 65.5 cm³/mol. The van der Waals surface area contributed by atoms with Crippen molar-refractivity contribution in [3.8, 4) is 0 Å². The van der Waals surface area contributed by atoms with E-state index in [1.807, 2.05) is 11.7 Å². The lowest BCUT2D eigenvalue weighted by molar-refractivity contribution is -0.0665. The first kappa shape index (κ1) is 12.0. The van der Waals surface area contributed by atoms with Crippen molar-refractivity contribution >= 4 is 11.3 Å². The first-order valence-corrected chi connectivity index (χ1v) is 6.69. The maximum Gasteiger partial charge on any atom is 0.0902 e. The molecular formula is C11H19N3OS. The second kappa shape index (κ2) is 5.72. The minimum absolute atomic E-state index is 0.112. The molecule has 0 aromatic carbocycles. The molecule has 2 rings (SSSR count). The summed E-state index contributed by atoms with van der Waals surface area (Å²) >= 11 is 1.69. The summed E-state index contributed by atoms with van der Waals surface area (Å²) in [6, 6.07) is 0.297. The Morgan fingerprint density at radius 2 is 2.56 bits per heavy atom. The van der Waals surface area contributed by atoms with Crippen LogP contribution in [0, 0.1) is 0 Å². The van der Waals surface area contributed by atoms with E-state index in [4.69, 9.17) is 10.5 Å². The molecule has 2 unspecified atom stereocenters. The number of hydrogen-bond donors (Lipinski definition) is 1. The molecule has 90 valence electrons. The fraction of sp³-hybridized carbons (Fsp3) is 0.727. The van der Waals surface area contributed by atoms with Gasteiger partial charge in [0.2, 0.25) is 0 Å². The van der Waals surface area contributed by atoms with E-state index in [0.717, 1.165) is 26.1 Å². The van der Waals surface area contributed by atoms with Crippen LogP contribution < -0.4 is 5.73 Å². The lowest BCUT2D eigenvalue weighted by atomic mass is 10.1. The van der Waals surface area contributed by atoms with E-state index < -0.39 is 0 Å². The smallest absolute Gasteiger partial charge is 0.0902 e. The molecular weight excluding hydrogens is 222 g/mol. The average molecular weight is 241 g/mol. The average Bonchev–Trinajstić information content (AvgIpc) is 2.82. The summed E-state index contributed by atoms with van der Waals surface area (Å²) in [7, 11) is 0. The second-order valence-corrected chi connectivity index (χ2v) is 4.95. The molecule has 2 atom stereocenters. The minimum Gasteiger partial charge on any atom is -0.374 e. The van der Waals surface area contributed by atoms with E-state index in [2.05, 4.69) is 16.8 Å². The van der Waals surface area contributed by atoms with Gasteiger partial charge in [-0.2, -0.15) is 0 Å². The van der Waals surface area contributed by atoms with E-state index in [0.29, 0.717) is 12.6 Å². The Hall–Kier alpha value is -0.490. The highest BCUT2D eigenvalue weighted by Gasteiger charge is 2.33. The Balaban J connectivity index is 2.17. The summed E-state index contributed by atoms with van der Waals surface area (Å²) in [6.45, 7) is 5.66. The van der Waals surface area contributed by atoms with E-state index in [1.165, 1.54) is 4.88 Å². The number of aromatic nitrogens is 1. The largest absolute Gasteiger partial charge is 0.374 e. The van der Waals surface area contributed by atoms with Gasteiger partial charge in [0, 0.05) is 24.2 Å². The van der Waals surface area contributed by atoms with Crippen molar-refractivity contribution < 1.29 is 4.74 Å². The zero-order valence-corrected chi connectivity index (χ0v) is 10.4. The monoisotopic (exact) mass is 241 g/mol. The van der Waals surface area contributed by atoms with Crippen LogP contribution >= 0.6 is 11.3 Å². The third kappa shape index (κ3) is 2.43. The number of nitrogens with zero attached hydrogens (tertiary/aromatic N) is 2. The third-order valence-electron chi connectivity index (χ3n) is 2.94. The van der Waals surface area contributed by atoms with Crippen molar-refractivity contribution in [1.29, 1.82) is 0 Å². The number of rotatable bonds is 4. The topological polar surface area (TPSA) is 51.4 Å². The molecule has 0 radical (unpaired) electrons. The Kier molecular flexibility index (Phi) is 4.29. The number of hydrogen-bond acceptors (Lipinski definition) is 5. The Morgan fingerprint density at radius 1 is 1.69 bits per heavy atom. The molecule has 2 N–H and O–H groups in total. The SMILES string of the molecule is CCCN1CCOC(CN)C1c1cncs1. The molecule has 0 amide bonds. The van der Waals surface area contributed by atoms with E-state index in [9.17, 15) is 0 Å². The highest BCUT2D eigenvalue weighted by Crippen LogP contribution is 2.31. The quantitative estimate of drug-likeness (QED) is 0.862. The number of nitrogens with two attached hydrogens (primary N) is 1. The first-order chi connectivity index (χ1) is 7.86. The molecule has 1 aliphatic rings. The van der Waals surface area contributed by atoms with Crippen LogP contribution in [0.2, 0.25) is 0 Å². The van der Waals surface area contributed by atoms with Crippen molar-refractivity contribution in [3.63, 3.8) is 0 Å². The normalized spacial score (nSPS) is 27.1. The Bertz CT molecular complexity index is 302. The zero-order valence-electron chi connectivity index (χ0n) is 9.63. The van der Waals surface area contributed by atoms with Gasteiger partial charge >= 0.3 is 0 Å². The van der Waals surface area contributed by atoms with Crippen LogP contribution in [0.25, 0.3) is 0 Å². The van der Waals surface area contributed by atoms with Crippen LogP contribution in [-0.2, 0) is 4.74 Å². The first-order valence-electron chi connectivity index (χ1n) is 5.81. The van der Waals surface area contributed by atoms with E-state index >= 15 is 0 Å². The minimum atomic E-state index is 0.112. The van der Waals surface area contributed by atoms with Gasteiger partial charge in [-0.25, -0.2) is 0 Å².